The van der Waals surface area contributed by atoms with Crippen LogP contribution in [0.25, 0.3) is 0 Å². The van der Waals surface area contributed by atoms with Gasteiger partial charge in [0.05, 0.1) is 10.7 Å². The Kier molecular flexibility index (Phi) is 4.90. The quantitative estimate of drug-likeness (QED) is 0.836. The fraction of sp³-hybridized carbons (Fsp3) is 0.385. The molecule has 1 rings (SSSR count). The van der Waals surface area contributed by atoms with Crippen molar-refractivity contribution in [2.75, 3.05) is 12.4 Å². The number of nitrogens with one attached hydrogen (secondary N) is 2. The van der Waals surface area contributed by atoms with Crippen LogP contribution in [0.4, 0.5) is 5.69 Å². The zero-order valence-electron chi connectivity index (χ0n) is 10.7. The number of hydrogen-bond donors (Lipinski definition) is 2. The van der Waals surface area contributed by atoms with Crippen LogP contribution in [-0.4, -0.2) is 23.2 Å². The van der Waals surface area contributed by atoms with E-state index in [0.29, 0.717) is 5.69 Å². The molecule has 5 heteroatoms. The molecule has 0 spiro atoms. The molecule has 0 aliphatic heterocycles. The Balaban J connectivity index is 2.89. The van der Waals surface area contributed by atoms with Gasteiger partial charge in [0, 0.05) is 12.7 Å². The van der Waals surface area contributed by atoms with Gasteiger partial charge in [0.15, 0.2) is 0 Å². The van der Waals surface area contributed by atoms with E-state index in [0.717, 1.165) is 5.56 Å². The lowest BCUT2D eigenvalue weighted by Gasteiger charge is -2.17. The Bertz CT molecular complexity index is 453. The van der Waals surface area contributed by atoms with E-state index in [-0.39, 0.29) is 18.2 Å². The Morgan fingerprint density at radius 2 is 1.89 bits per heavy atom. The van der Waals surface area contributed by atoms with Gasteiger partial charge in [-0.2, -0.15) is 0 Å². The fourth-order valence-electron chi connectivity index (χ4n) is 1.33. The van der Waals surface area contributed by atoms with Crippen LogP contribution in [0.15, 0.2) is 24.3 Å². The number of rotatable bonds is 4. The van der Waals surface area contributed by atoms with Crippen LogP contribution in [0.5, 0.6) is 0 Å². The summed E-state index contributed by atoms with van der Waals surface area (Å²) in [5.41, 5.74) is 1.46. The van der Waals surface area contributed by atoms with Crippen molar-refractivity contribution < 1.29 is 9.59 Å². The molecule has 0 radical (unpaired) electrons. The maximum atomic E-state index is 11.9. The first-order valence-electron chi connectivity index (χ1n) is 5.63. The van der Waals surface area contributed by atoms with Crippen LogP contribution >= 0.6 is 15.9 Å². The number of anilines is 1. The average Bonchev–Trinajstić information content (AvgIpc) is 2.30. The first-order chi connectivity index (χ1) is 8.34. The van der Waals surface area contributed by atoms with Crippen molar-refractivity contribution in [1.82, 2.24) is 5.32 Å². The lowest BCUT2D eigenvalue weighted by Crippen LogP contribution is -2.31. The molecule has 98 valence electrons. The molecular formula is C13H17BrN2O2. The summed E-state index contributed by atoms with van der Waals surface area (Å²) in [5, 5.41) is 5.38. The molecule has 0 aromatic heterocycles. The van der Waals surface area contributed by atoms with Crippen molar-refractivity contribution >= 4 is 33.4 Å². The van der Waals surface area contributed by atoms with Gasteiger partial charge >= 0.3 is 0 Å². The van der Waals surface area contributed by atoms with Gasteiger partial charge in [0.1, 0.15) is 0 Å². The third kappa shape index (κ3) is 4.14. The molecule has 2 amide bonds. The lowest BCUT2D eigenvalue weighted by atomic mass is 10.1. The summed E-state index contributed by atoms with van der Waals surface area (Å²) in [7, 11) is 1.59. The molecule has 0 aliphatic rings. The molecule has 1 aromatic rings. The third-order valence-corrected chi connectivity index (χ3v) is 2.80. The van der Waals surface area contributed by atoms with E-state index in [1.165, 1.54) is 0 Å². The van der Waals surface area contributed by atoms with E-state index in [2.05, 4.69) is 26.6 Å². The molecule has 0 saturated heterocycles. The van der Waals surface area contributed by atoms with E-state index in [1.54, 1.807) is 27.0 Å². The lowest BCUT2D eigenvalue weighted by molar-refractivity contribution is -0.120. The average molecular weight is 313 g/mol. The second-order valence-electron chi connectivity index (χ2n) is 4.43. The monoisotopic (exact) mass is 312 g/mol. The van der Waals surface area contributed by atoms with Gasteiger partial charge in [-0.25, -0.2) is 0 Å². The molecule has 18 heavy (non-hydrogen) atoms. The van der Waals surface area contributed by atoms with Gasteiger partial charge < -0.3 is 10.6 Å². The van der Waals surface area contributed by atoms with Gasteiger partial charge in [0.2, 0.25) is 11.8 Å². The topological polar surface area (TPSA) is 58.2 Å². The van der Waals surface area contributed by atoms with Crippen LogP contribution in [0.2, 0.25) is 0 Å². The van der Waals surface area contributed by atoms with Gasteiger partial charge in [-0.15, -0.1) is 0 Å². The Morgan fingerprint density at radius 3 is 2.44 bits per heavy atom. The highest BCUT2D eigenvalue weighted by Gasteiger charge is 2.24. The smallest absolute Gasteiger partial charge is 0.240 e. The van der Waals surface area contributed by atoms with E-state index in [4.69, 9.17) is 0 Å². The Labute approximate surface area is 115 Å². The number of amides is 2. The zero-order chi connectivity index (χ0) is 13.8. The maximum absolute atomic E-state index is 11.9. The number of carbonyl (C=O) groups is 2. The minimum atomic E-state index is -0.646. The number of halogens is 1. The molecule has 0 fully saturated rings. The first kappa shape index (κ1) is 14.7. The highest BCUT2D eigenvalue weighted by atomic mass is 79.9. The van der Waals surface area contributed by atoms with Crippen molar-refractivity contribution in [3.63, 3.8) is 0 Å². The summed E-state index contributed by atoms with van der Waals surface area (Å²) < 4.78 is -0.646. The number of hydrogen-bond acceptors (Lipinski definition) is 2. The summed E-state index contributed by atoms with van der Waals surface area (Å²) in [6.07, 6.45) is 0.246. The second kappa shape index (κ2) is 6.00. The van der Waals surface area contributed by atoms with E-state index in [1.807, 2.05) is 18.2 Å². The van der Waals surface area contributed by atoms with Crippen LogP contribution in [0.3, 0.4) is 0 Å². The molecule has 0 atom stereocenters. The standard InChI is InChI=1S/C13H17BrN2O2/c1-13(2,14)12(18)16-10-7-5-4-6-9(10)8-11(17)15-3/h4-7H,8H2,1-3H3,(H,15,17)(H,16,18). The molecule has 0 heterocycles. The third-order valence-electron chi connectivity index (χ3n) is 2.44. The summed E-state index contributed by atoms with van der Waals surface area (Å²) in [6.45, 7) is 3.54. The highest BCUT2D eigenvalue weighted by molar-refractivity contribution is 9.10. The van der Waals surface area contributed by atoms with Crippen molar-refractivity contribution in [3.05, 3.63) is 29.8 Å². The Morgan fingerprint density at radius 1 is 1.28 bits per heavy atom. The van der Waals surface area contributed by atoms with Crippen LogP contribution in [0.1, 0.15) is 19.4 Å². The number of benzene rings is 1. The van der Waals surface area contributed by atoms with Crippen LogP contribution in [0, 0.1) is 0 Å². The van der Waals surface area contributed by atoms with E-state index < -0.39 is 4.32 Å². The molecule has 2 N–H and O–H groups in total. The van der Waals surface area contributed by atoms with E-state index >= 15 is 0 Å². The summed E-state index contributed by atoms with van der Waals surface area (Å²) in [4.78, 5) is 23.3. The number of alkyl halides is 1. The maximum Gasteiger partial charge on any atom is 0.240 e. The summed E-state index contributed by atoms with van der Waals surface area (Å²) >= 11 is 3.30. The molecule has 0 bridgehead atoms. The minimum absolute atomic E-state index is 0.0881. The van der Waals surface area contributed by atoms with E-state index in [9.17, 15) is 9.59 Å². The van der Waals surface area contributed by atoms with Gasteiger partial charge in [-0.1, -0.05) is 34.1 Å². The second-order valence-corrected chi connectivity index (χ2v) is 6.42. The number of likely N-dealkylation sites (N-methyl/N-ethyl adjacent to an activating group) is 1. The number of para-hydroxylation sites is 1. The predicted molar refractivity (Wildman–Crippen MR) is 75.8 cm³/mol. The normalized spacial score (nSPS) is 10.9. The molecule has 1 aromatic carbocycles. The largest absolute Gasteiger partial charge is 0.359 e. The molecular weight excluding hydrogens is 296 g/mol. The minimum Gasteiger partial charge on any atom is -0.359 e. The predicted octanol–water partition coefficient (Wildman–Crippen LogP) is 2.09. The zero-order valence-corrected chi connectivity index (χ0v) is 12.3. The van der Waals surface area contributed by atoms with Crippen molar-refractivity contribution in [2.24, 2.45) is 0 Å². The molecule has 0 aliphatic carbocycles. The van der Waals surface area contributed by atoms with Gasteiger partial charge in [-0.3, -0.25) is 9.59 Å². The van der Waals surface area contributed by atoms with Gasteiger partial charge in [-0.05, 0) is 25.5 Å². The summed E-state index contributed by atoms with van der Waals surface area (Å²) in [6, 6.07) is 7.28. The summed E-state index contributed by atoms with van der Waals surface area (Å²) in [5.74, 6) is -0.235. The molecule has 0 unspecified atom stereocenters. The van der Waals surface area contributed by atoms with Gasteiger partial charge in [0.25, 0.3) is 0 Å². The highest BCUT2D eigenvalue weighted by Crippen LogP contribution is 2.21. The van der Waals surface area contributed by atoms with Crippen molar-refractivity contribution in [2.45, 2.75) is 24.6 Å². The number of carbonyl (C=O) groups excluding carboxylic acids is 2. The molecule has 0 saturated carbocycles. The van der Waals surface area contributed by atoms with Crippen LogP contribution in [-0.2, 0) is 16.0 Å². The Hall–Kier alpha value is -1.36. The fourth-order valence-corrected chi connectivity index (χ4v) is 1.43. The SMILES string of the molecule is CNC(=O)Cc1ccccc1NC(=O)C(C)(C)Br. The van der Waals surface area contributed by atoms with Crippen LogP contribution < -0.4 is 10.6 Å². The molecule has 4 nitrogen and oxygen atoms in total. The van der Waals surface area contributed by atoms with Crippen molar-refractivity contribution in [3.8, 4) is 0 Å². The van der Waals surface area contributed by atoms with Crippen molar-refractivity contribution in [1.29, 1.82) is 0 Å². The first-order valence-corrected chi connectivity index (χ1v) is 6.42.